The van der Waals surface area contributed by atoms with Gasteiger partial charge in [-0.2, -0.15) is 13.2 Å². The average Bonchev–Trinajstić information content (AvgIpc) is 2.75. The fourth-order valence-electron chi connectivity index (χ4n) is 3.51. The number of benzene rings is 2. The van der Waals surface area contributed by atoms with E-state index in [9.17, 15) is 27.5 Å². The number of nitrogens with zero attached hydrogens (tertiary/aromatic N) is 1. The van der Waals surface area contributed by atoms with Crippen LogP contribution >= 0.6 is 11.6 Å². The molecule has 176 valence electrons. The van der Waals surface area contributed by atoms with Crippen LogP contribution < -0.4 is 15.0 Å². The molecule has 0 radical (unpaired) electrons. The molecule has 1 aromatic heterocycles. The van der Waals surface area contributed by atoms with Crippen LogP contribution in [-0.2, 0) is 12.6 Å². The number of alkyl halides is 3. The Labute approximate surface area is 191 Å². The zero-order valence-corrected chi connectivity index (χ0v) is 18.5. The van der Waals surface area contributed by atoms with Gasteiger partial charge >= 0.3 is 6.18 Å². The summed E-state index contributed by atoms with van der Waals surface area (Å²) in [5, 5.41) is 10.8. The van der Waals surface area contributed by atoms with Crippen LogP contribution in [0.5, 0.6) is 17.2 Å². The van der Waals surface area contributed by atoms with Crippen molar-refractivity contribution in [2.24, 2.45) is 7.05 Å². The van der Waals surface area contributed by atoms with Gasteiger partial charge in [0.1, 0.15) is 11.5 Å². The molecule has 1 heterocycles. The van der Waals surface area contributed by atoms with Gasteiger partial charge in [-0.15, -0.1) is 0 Å². The molecule has 0 aliphatic carbocycles. The van der Waals surface area contributed by atoms with Crippen molar-refractivity contribution in [3.63, 3.8) is 0 Å². The van der Waals surface area contributed by atoms with E-state index in [1.54, 1.807) is 0 Å². The summed E-state index contributed by atoms with van der Waals surface area (Å²) in [6.45, 7) is 1.13. The molecule has 2 atom stereocenters. The van der Waals surface area contributed by atoms with Crippen molar-refractivity contribution >= 4 is 11.6 Å². The first-order valence-electron chi connectivity index (χ1n) is 9.66. The summed E-state index contributed by atoms with van der Waals surface area (Å²) >= 11 is 6.26. The van der Waals surface area contributed by atoms with Gasteiger partial charge in [0, 0.05) is 30.3 Å². The number of hydrogen-bond acceptors (Lipinski definition) is 4. The van der Waals surface area contributed by atoms with E-state index in [2.05, 4.69) is 0 Å². The minimum Gasteiger partial charge on any atom is -0.494 e. The zero-order valence-electron chi connectivity index (χ0n) is 17.8. The zero-order chi connectivity index (χ0) is 24.6. The molecule has 0 bridgehead atoms. The number of ether oxygens (including phenoxy) is 2. The van der Waals surface area contributed by atoms with Gasteiger partial charge in [0.05, 0.1) is 12.7 Å². The molecule has 5 nitrogen and oxygen atoms in total. The van der Waals surface area contributed by atoms with Crippen LogP contribution in [-0.4, -0.2) is 23.0 Å². The lowest BCUT2D eigenvalue weighted by Gasteiger charge is -2.36. The maximum absolute atomic E-state index is 14.1. The smallest absolute Gasteiger partial charge is 0.422 e. The Morgan fingerprint density at radius 2 is 1.73 bits per heavy atom. The summed E-state index contributed by atoms with van der Waals surface area (Å²) in [6.07, 6.45) is -3.89. The van der Waals surface area contributed by atoms with Gasteiger partial charge in [-0.1, -0.05) is 24.6 Å². The van der Waals surface area contributed by atoms with Gasteiger partial charge in [0.2, 0.25) is 0 Å². The number of aromatic nitrogens is 1. The minimum absolute atomic E-state index is 0.0496. The van der Waals surface area contributed by atoms with Crippen LogP contribution in [0, 0.1) is 5.82 Å². The normalized spacial score (nSPS) is 14.5. The summed E-state index contributed by atoms with van der Waals surface area (Å²) in [4.78, 5) is 12.4. The molecular formula is C23H20ClF4NO4. The number of rotatable bonds is 6. The lowest BCUT2D eigenvalue weighted by atomic mass is 9.78. The maximum Gasteiger partial charge on any atom is 0.422 e. The molecular weight excluding hydrogens is 466 g/mol. The molecule has 0 spiro atoms. The number of aryl methyl sites for hydroxylation is 1. The number of methoxy groups -OCH3 is 1. The van der Waals surface area contributed by atoms with Crippen molar-refractivity contribution in [1.82, 2.24) is 4.57 Å². The van der Waals surface area contributed by atoms with Crippen LogP contribution in [0.1, 0.15) is 24.0 Å². The van der Waals surface area contributed by atoms with E-state index in [0.29, 0.717) is 0 Å². The van der Waals surface area contributed by atoms with Gasteiger partial charge in [-0.3, -0.25) is 4.79 Å². The Balaban J connectivity index is 2.01. The fraction of sp³-hybridized carbons (Fsp3) is 0.261. The van der Waals surface area contributed by atoms with Crippen molar-refractivity contribution in [3.8, 4) is 17.2 Å². The largest absolute Gasteiger partial charge is 0.494 e. The van der Waals surface area contributed by atoms with E-state index in [-0.39, 0.29) is 27.8 Å². The van der Waals surface area contributed by atoms with E-state index in [1.807, 2.05) is 0 Å². The molecule has 3 rings (SSSR count). The van der Waals surface area contributed by atoms with Crippen LogP contribution in [0.3, 0.4) is 0 Å². The van der Waals surface area contributed by atoms with Crippen molar-refractivity contribution in [2.45, 2.75) is 24.6 Å². The second-order valence-corrected chi connectivity index (χ2v) is 7.81. The molecule has 3 aromatic rings. The SMILES string of the molecule is COc1cc(Oc2ccc(C(C)[C@](O)(c3cccn(C)c3=O)C(F)(F)F)c(Cl)c2)ccc1F. The molecule has 1 N–H and O–H groups in total. The second-order valence-electron chi connectivity index (χ2n) is 7.41. The Kier molecular flexibility index (Phi) is 6.76. The molecule has 10 heteroatoms. The topological polar surface area (TPSA) is 60.7 Å². The molecule has 0 saturated heterocycles. The van der Waals surface area contributed by atoms with E-state index in [0.717, 1.165) is 23.6 Å². The first-order chi connectivity index (χ1) is 15.4. The lowest BCUT2D eigenvalue weighted by molar-refractivity contribution is -0.275. The molecule has 0 saturated carbocycles. The summed E-state index contributed by atoms with van der Waals surface area (Å²) in [5.74, 6) is -1.91. The number of aliphatic hydroxyl groups is 1. The highest BCUT2D eigenvalue weighted by Crippen LogP contribution is 2.49. The molecule has 33 heavy (non-hydrogen) atoms. The lowest BCUT2D eigenvalue weighted by Crippen LogP contribution is -2.50. The summed E-state index contributed by atoms with van der Waals surface area (Å²) in [7, 11) is 2.58. The molecule has 0 fully saturated rings. The maximum atomic E-state index is 14.1. The van der Waals surface area contributed by atoms with Crippen molar-refractivity contribution in [2.75, 3.05) is 7.11 Å². The molecule has 1 unspecified atom stereocenters. The van der Waals surface area contributed by atoms with Gasteiger partial charge in [0.25, 0.3) is 5.56 Å². The highest BCUT2D eigenvalue weighted by Gasteiger charge is 2.60. The Hall–Kier alpha value is -3.04. The van der Waals surface area contributed by atoms with Crippen molar-refractivity contribution in [1.29, 1.82) is 0 Å². The van der Waals surface area contributed by atoms with E-state index in [4.69, 9.17) is 21.1 Å². The summed E-state index contributed by atoms with van der Waals surface area (Å²) < 4.78 is 67.4. The predicted molar refractivity (Wildman–Crippen MR) is 115 cm³/mol. The minimum atomic E-state index is -5.18. The van der Waals surface area contributed by atoms with Gasteiger partial charge in [-0.05, 0) is 42.0 Å². The highest BCUT2D eigenvalue weighted by molar-refractivity contribution is 6.31. The number of pyridine rings is 1. The first kappa shape index (κ1) is 24.6. The molecule has 2 aromatic carbocycles. The first-order valence-corrected chi connectivity index (χ1v) is 10.0. The Morgan fingerprint density at radius 1 is 1.09 bits per heavy atom. The Morgan fingerprint density at radius 3 is 2.33 bits per heavy atom. The van der Waals surface area contributed by atoms with Crippen LogP contribution in [0.2, 0.25) is 5.02 Å². The van der Waals surface area contributed by atoms with E-state index in [1.165, 1.54) is 56.8 Å². The van der Waals surface area contributed by atoms with Gasteiger partial charge < -0.3 is 19.1 Å². The Bertz CT molecular complexity index is 1230. The third kappa shape index (κ3) is 4.56. The number of hydrogen-bond donors (Lipinski definition) is 1. The summed E-state index contributed by atoms with van der Waals surface area (Å²) in [5.41, 5.74) is -5.35. The van der Waals surface area contributed by atoms with Crippen molar-refractivity contribution < 1.29 is 32.1 Å². The van der Waals surface area contributed by atoms with E-state index < -0.39 is 34.6 Å². The van der Waals surface area contributed by atoms with Gasteiger partial charge in [0.15, 0.2) is 17.2 Å². The van der Waals surface area contributed by atoms with Crippen LogP contribution in [0.4, 0.5) is 17.6 Å². The molecule has 0 amide bonds. The summed E-state index contributed by atoms with van der Waals surface area (Å²) in [6, 6.07) is 9.86. The molecule has 0 aliphatic heterocycles. The highest BCUT2D eigenvalue weighted by atomic mass is 35.5. The third-order valence-electron chi connectivity index (χ3n) is 5.39. The monoisotopic (exact) mass is 485 g/mol. The van der Waals surface area contributed by atoms with Crippen LogP contribution in [0.25, 0.3) is 0 Å². The predicted octanol–water partition coefficient (Wildman–Crippen LogP) is 5.53. The average molecular weight is 486 g/mol. The van der Waals surface area contributed by atoms with Gasteiger partial charge in [-0.25, -0.2) is 4.39 Å². The molecule has 0 aliphatic rings. The second kappa shape index (κ2) is 9.07. The quantitative estimate of drug-likeness (QED) is 0.466. The fourth-order valence-corrected chi connectivity index (χ4v) is 3.84. The van der Waals surface area contributed by atoms with Crippen LogP contribution in [0.15, 0.2) is 59.5 Å². The van der Waals surface area contributed by atoms with E-state index >= 15 is 0 Å². The number of halogens is 5. The third-order valence-corrected chi connectivity index (χ3v) is 5.72. The van der Waals surface area contributed by atoms with Crippen molar-refractivity contribution in [3.05, 3.63) is 87.0 Å². The standard InChI is InChI=1S/C23H20ClF4NO4/c1-13(22(31,23(26,27)28)17-5-4-10-29(2)21(17)30)16-8-6-14(11-18(16)24)33-15-7-9-19(25)20(12-15)32-3/h4-13,31H,1-3H3/t13?,22-/m0/s1.